The second kappa shape index (κ2) is 49.5. The van der Waals surface area contributed by atoms with Crippen molar-refractivity contribution in [2.24, 2.45) is 0 Å². The first-order valence-corrected chi connectivity index (χ1v) is 17.1. The predicted molar refractivity (Wildman–Crippen MR) is 121 cm³/mol. The zero-order valence-corrected chi connectivity index (χ0v) is 23.5. The Morgan fingerprint density at radius 2 is 0.333 bits per heavy atom. The summed E-state index contributed by atoms with van der Waals surface area (Å²) in [5.41, 5.74) is 0. The molecule has 0 rings (SSSR count). The standard InChI is InChI=1S/4C3H9P.2C2H4.W/c4*1-4(2)3;2*1-2;/h4*1-3H3;2*1-2H2;. The van der Waals surface area contributed by atoms with E-state index >= 15 is 0 Å². The first kappa shape index (κ1) is 43.4. The van der Waals surface area contributed by atoms with Gasteiger partial charge >= 0.3 is 0 Å². The average molecular weight is 544 g/mol. The molecular weight excluding hydrogens is 500 g/mol. The summed E-state index contributed by atoms with van der Waals surface area (Å²) in [4.78, 5) is 0. The fraction of sp³-hybridized carbons (Fsp3) is 0.750. The van der Waals surface area contributed by atoms with Crippen molar-refractivity contribution in [3.8, 4) is 0 Å². The van der Waals surface area contributed by atoms with Gasteiger partial charge in [0.2, 0.25) is 0 Å². The maximum atomic E-state index is 3.00. The molecule has 0 N–H and O–H groups in total. The zero-order chi connectivity index (χ0) is 18.3. The van der Waals surface area contributed by atoms with Crippen LogP contribution in [-0.2, 0) is 21.1 Å². The van der Waals surface area contributed by atoms with Crippen LogP contribution in [0.1, 0.15) is 0 Å². The summed E-state index contributed by atoms with van der Waals surface area (Å²) in [6.45, 7) is 38.8. The van der Waals surface area contributed by atoms with Gasteiger partial charge in [-0.05, 0) is 80.0 Å². The van der Waals surface area contributed by atoms with Crippen LogP contribution in [0.15, 0.2) is 26.3 Å². The van der Waals surface area contributed by atoms with Gasteiger partial charge in [0.05, 0.1) is 0 Å². The summed E-state index contributed by atoms with van der Waals surface area (Å²) in [7, 11) is 1.52. The molecule has 0 nitrogen and oxygen atoms in total. The van der Waals surface area contributed by atoms with Crippen LogP contribution in [-0.4, -0.2) is 80.0 Å². The maximum Gasteiger partial charge on any atom is 0 e. The molecule has 0 unspecified atom stereocenters. The van der Waals surface area contributed by atoms with Crippen LogP contribution < -0.4 is 0 Å². The number of rotatable bonds is 0. The Hall–Kier alpha value is 1.89. The third-order valence-electron chi connectivity index (χ3n) is 0. The van der Waals surface area contributed by atoms with Crippen LogP contribution in [0, 0.1) is 0 Å². The topological polar surface area (TPSA) is 0 Å². The second-order valence-electron chi connectivity index (χ2n) is 5.37. The molecule has 0 heterocycles. The SMILES string of the molecule is C=C.C=C.CP(C)C.CP(C)C.CP(C)C.CP(C)C.[W]. The molecule has 0 aliphatic carbocycles. The van der Waals surface area contributed by atoms with Crippen molar-refractivity contribution in [2.75, 3.05) is 80.0 Å². The van der Waals surface area contributed by atoms with Gasteiger partial charge in [-0.25, -0.2) is 0 Å². The van der Waals surface area contributed by atoms with E-state index in [1.807, 2.05) is 0 Å². The average Bonchev–Trinajstić information content (AvgIpc) is 2.19. The molecule has 0 amide bonds. The van der Waals surface area contributed by atoms with Crippen LogP contribution in [0.2, 0.25) is 0 Å². The normalized spacial score (nSPS) is 7.24. The Kier molecular flexibility index (Phi) is 102. The molecule has 0 aromatic heterocycles. The minimum absolute atomic E-state index is 0. The first-order valence-electron chi connectivity index (χ1n) is 6.37. The Morgan fingerprint density at radius 1 is 0.333 bits per heavy atom. The summed E-state index contributed by atoms with van der Waals surface area (Å²) < 4.78 is 0. The van der Waals surface area contributed by atoms with E-state index in [2.05, 4.69) is 106 Å². The Morgan fingerprint density at radius 3 is 0.333 bits per heavy atom. The van der Waals surface area contributed by atoms with Gasteiger partial charge in [0, 0.05) is 21.1 Å². The molecule has 0 saturated carbocycles. The maximum absolute atomic E-state index is 3.00. The van der Waals surface area contributed by atoms with Crippen molar-refractivity contribution in [3.63, 3.8) is 0 Å². The van der Waals surface area contributed by atoms with E-state index in [0.29, 0.717) is 31.7 Å². The first-order chi connectivity index (χ1) is 8.93. The van der Waals surface area contributed by atoms with Crippen LogP contribution in [0.5, 0.6) is 0 Å². The summed E-state index contributed by atoms with van der Waals surface area (Å²) in [6, 6.07) is 0. The third-order valence-corrected chi connectivity index (χ3v) is 0. The molecule has 5 heteroatoms. The largest absolute Gasteiger partial charge is 0.116 e. The van der Waals surface area contributed by atoms with E-state index in [1.54, 1.807) is 0 Å². The molecule has 134 valence electrons. The van der Waals surface area contributed by atoms with Crippen molar-refractivity contribution in [3.05, 3.63) is 26.3 Å². The van der Waals surface area contributed by atoms with Crippen LogP contribution in [0.4, 0.5) is 0 Å². The van der Waals surface area contributed by atoms with E-state index in [4.69, 9.17) is 0 Å². The van der Waals surface area contributed by atoms with Crippen molar-refractivity contribution in [1.82, 2.24) is 0 Å². The molecule has 0 atom stereocenters. The minimum Gasteiger partial charge on any atom is -0.116 e. The predicted octanol–water partition coefficient (Wildman–Crippen LogP) is 7.03. The van der Waals surface area contributed by atoms with Crippen LogP contribution in [0.25, 0.3) is 0 Å². The van der Waals surface area contributed by atoms with E-state index < -0.39 is 0 Å². The molecular formula is C16H44P4W. The zero-order valence-electron chi connectivity index (χ0n) is 17.0. The van der Waals surface area contributed by atoms with E-state index in [1.165, 1.54) is 0 Å². The van der Waals surface area contributed by atoms with Gasteiger partial charge in [-0.15, -0.1) is 58.0 Å². The fourth-order valence-electron chi connectivity index (χ4n) is 0. The third kappa shape index (κ3) is 2430. The summed E-state index contributed by atoms with van der Waals surface area (Å²) in [5.74, 6) is 0. The summed E-state index contributed by atoms with van der Waals surface area (Å²) in [6.07, 6.45) is 0. The smallest absolute Gasteiger partial charge is 0 e. The van der Waals surface area contributed by atoms with Gasteiger partial charge in [-0.2, -0.15) is 0 Å². The molecule has 0 radical (unpaired) electrons. The van der Waals surface area contributed by atoms with Crippen molar-refractivity contribution in [2.45, 2.75) is 0 Å². The summed E-state index contributed by atoms with van der Waals surface area (Å²) in [5, 5.41) is 0. The number of hydrogen-bond acceptors (Lipinski definition) is 0. The quantitative estimate of drug-likeness (QED) is 0.227. The Bertz CT molecular complexity index is 81.8. The second-order valence-corrected chi connectivity index (χ2v) is 16.1. The Labute approximate surface area is 158 Å². The van der Waals surface area contributed by atoms with Crippen molar-refractivity contribution < 1.29 is 21.1 Å². The van der Waals surface area contributed by atoms with Crippen molar-refractivity contribution in [1.29, 1.82) is 0 Å². The van der Waals surface area contributed by atoms with Gasteiger partial charge in [-0.3, -0.25) is 0 Å². The van der Waals surface area contributed by atoms with Gasteiger partial charge in [0.25, 0.3) is 0 Å². The minimum atomic E-state index is 0. The molecule has 21 heavy (non-hydrogen) atoms. The molecule has 0 aromatic rings. The summed E-state index contributed by atoms with van der Waals surface area (Å²) >= 11 is 0. The molecule has 0 bridgehead atoms. The van der Waals surface area contributed by atoms with Gasteiger partial charge in [0.15, 0.2) is 0 Å². The molecule has 0 saturated heterocycles. The molecule has 0 aliphatic heterocycles. The van der Waals surface area contributed by atoms with E-state index in [0.717, 1.165) is 0 Å². The fourth-order valence-corrected chi connectivity index (χ4v) is 0. The molecule has 0 aliphatic rings. The number of hydrogen-bond donors (Lipinski definition) is 0. The molecule has 0 fully saturated rings. The molecule has 0 spiro atoms. The van der Waals surface area contributed by atoms with Crippen LogP contribution in [0.3, 0.4) is 0 Å². The Balaban J connectivity index is -0.0000000227. The van der Waals surface area contributed by atoms with Gasteiger partial charge in [0.1, 0.15) is 0 Å². The van der Waals surface area contributed by atoms with Gasteiger partial charge in [-0.1, -0.05) is 0 Å². The monoisotopic (exact) mass is 544 g/mol. The molecule has 0 aromatic carbocycles. The van der Waals surface area contributed by atoms with E-state index in [9.17, 15) is 0 Å². The van der Waals surface area contributed by atoms with Crippen molar-refractivity contribution >= 4 is 31.7 Å². The van der Waals surface area contributed by atoms with Gasteiger partial charge < -0.3 is 0 Å². The van der Waals surface area contributed by atoms with E-state index in [-0.39, 0.29) is 21.1 Å². The van der Waals surface area contributed by atoms with Crippen LogP contribution >= 0.6 is 31.7 Å².